The van der Waals surface area contributed by atoms with Crippen LogP contribution in [0.4, 0.5) is 5.69 Å². The molecule has 4 aromatic heterocycles. The molecule has 4 heterocycles. The lowest BCUT2D eigenvalue weighted by Crippen LogP contribution is -2.00. The third-order valence-corrected chi connectivity index (χ3v) is 11.5. The van der Waals surface area contributed by atoms with E-state index in [4.69, 9.17) is 35.9 Å². The predicted octanol–water partition coefficient (Wildman–Crippen LogP) is 13.5. The number of hydrogen-bond donors (Lipinski definition) is 0. The molecule has 8 heteroatoms. The van der Waals surface area contributed by atoms with Crippen LogP contribution in [0.25, 0.3) is 115 Å². The summed E-state index contributed by atoms with van der Waals surface area (Å²) in [7, 11) is 0. The molecule has 0 fully saturated rings. The lowest BCUT2D eigenvalue weighted by Gasteiger charge is -2.10. The monoisotopic (exact) mass is 760 g/mol. The van der Waals surface area contributed by atoms with Crippen LogP contribution < -0.4 is 0 Å². The molecule has 0 aliphatic heterocycles. The van der Waals surface area contributed by atoms with Gasteiger partial charge in [0, 0.05) is 48.7 Å². The zero-order valence-corrected chi connectivity index (χ0v) is 31.5. The molecule has 7 aromatic carbocycles. The second-order valence-electron chi connectivity index (χ2n) is 13.9. The molecule has 0 N–H and O–H groups in total. The van der Waals surface area contributed by atoms with E-state index in [1.165, 1.54) is 4.70 Å². The summed E-state index contributed by atoms with van der Waals surface area (Å²) in [6.07, 6.45) is 0. The number of rotatable bonds is 6. The van der Waals surface area contributed by atoms with E-state index in [0.29, 0.717) is 29.0 Å². The standard InChI is InChI=1S/C50H28N6OS/c1-51-36-17-10-16-34(28-36)30-22-24-33(25-23-30)48-54-47(32-14-6-3-7-15-32)55-50(56-48)38-19-11-20-41-43(38)39-29-35(26-27-40(39)57-41)49-52-44(31-12-4-2-5-13-31)46-45(53-49)37-18-8-9-21-42(37)58-46/h2-29H. The molecule has 0 aliphatic carbocycles. The van der Waals surface area contributed by atoms with Crippen LogP contribution in [-0.2, 0) is 0 Å². The van der Waals surface area contributed by atoms with Gasteiger partial charge in [-0.25, -0.2) is 29.8 Å². The molecule has 270 valence electrons. The molecule has 0 bridgehead atoms. The van der Waals surface area contributed by atoms with Crippen molar-refractivity contribution in [3.05, 3.63) is 181 Å². The first-order valence-electron chi connectivity index (χ1n) is 18.8. The van der Waals surface area contributed by atoms with Crippen LogP contribution in [0.1, 0.15) is 0 Å². The van der Waals surface area contributed by atoms with Crippen LogP contribution in [0.5, 0.6) is 0 Å². The van der Waals surface area contributed by atoms with Gasteiger partial charge >= 0.3 is 0 Å². The van der Waals surface area contributed by atoms with Crippen molar-refractivity contribution >= 4 is 59.3 Å². The topological polar surface area (TPSA) is 82.0 Å². The van der Waals surface area contributed by atoms with Crippen LogP contribution in [0.3, 0.4) is 0 Å². The molecule has 11 rings (SSSR count). The molecule has 11 aromatic rings. The second kappa shape index (κ2) is 13.7. The van der Waals surface area contributed by atoms with Crippen molar-refractivity contribution in [3.8, 4) is 67.9 Å². The minimum atomic E-state index is 0.533. The van der Waals surface area contributed by atoms with Gasteiger partial charge in [0.15, 0.2) is 29.0 Å². The molecule has 7 nitrogen and oxygen atoms in total. The Bertz CT molecular complexity index is 3410. The van der Waals surface area contributed by atoms with Crippen molar-refractivity contribution in [2.75, 3.05) is 0 Å². The molecule has 0 saturated heterocycles. The molecule has 0 aliphatic rings. The molecule has 0 amide bonds. The lowest BCUT2D eigenvalue weighted by atomic mass is 10.0. The minimum Gasteiger partial charge on any atom is -0.456 e. The Morgan fingerprint density at radius 3 is 1.88 bits per heavy atom. The summed E-state index contributed by atoms with van der Waals surface area (Å²) < 4.78 is 8.73. The summed E-state index contributed by atoms with van der Waals surface area (Å²) in [5.41, 5.74) is 10.4. The Hall–Kier alpha value is -7.86. The summed E-state index contributed by atoms with van der Waals surface area (Å²) in [5, 5.41) is 2.93. The third-order valence-electron chi connectivity index (χ3n) is 10.4. The first-order valence-corrected chi connectivity index (χ1v) is 19.6. The molecular weight excluding hydrogens is 733 g/mol. The van der Waals surface area contributed by atoms with Gasteiger partial charge in [0.05, 0.1) is 22.5 Å². The smallest absolute Gasteiger partial charge is 0.187 e. The van der Waals surface area contributed by atoms with Crippen molar-refractivity contribution in [1.29, 1.82) is 0 Å². The van der Waals surface area contributed by atoms with Gasteiger partial charge in [0.25, 0.3) is 0 Å². The lowest BCUT2D eigenvalue weighted by molar-refractivity contribution is 0.669. The first-order chi connectivity index (χ1) is 28.7. The number of benzene rings is 7. The molecule has 58 heavy (non-hydrogen) atoms. The highest BCUT2D eigenvalue weighted by Gasteiger charge is 2.21. The van der Waals surface area contributed by atoms with E-state index in [1.54, 1.807) is 11.3 Å². The van der Waals surface area contributed by atoms with Gasteiger partial charge in [0.1, 0.15) is 11.2 Å². The van der Waals surface area contributed by atoms with Crippen molar-refractivity contribution < 1.29 is 4.42 Å². The van der Waals surface area contributed by atoms with Crippen LogP contribution in [0, 0.1) is 6.57 Å². The Morgan fingerprint density at radius 2 is 1.09 bits per heavy atom. The van der Waals surface area contributed by atoms with Gasteiger partial charge in [-0.3, -0.25) is 0 Å². The van der Waals surface area contributed by atoms with Crippen molar-refractivity contribution in [2.45, 2.75) is 0 Å². The summed E-state index contributed by atoms with van der Waals surface area (Å²) in [6.45, 7) is 7.44. The SMILES string of the molecule is [C-]#[N+]c1cccc(-c2ccc(-c3nc(-c4ccccc4)nc(-c4cccc5oc6ccc(-c7nc(-c8ccccc8)c8sc9ccccc9c8n7)cc6c45)n3)cc2)c1. The molecule has 0 atom stereocenters. The fourth-order valence-corrected chi connectivity index (χ4v) is 8.73. The summed E-state index contributed by atoms with van der Waals surface area (Å²) in [6, 6.07) is 56.6. The quantitative estimate of drug-likeness (QED) is 0.157. The van der Waals surface area contributed by atoms with Gasteiger partial charge in [-0.2, -0.15) is 0 Å². The van der Waals surface area contributed by atoms with E-state index < -0.39 is 0 Å². The fourth-order valence-electron chi connectivity index (χ4n) is 7.57. The summed E-state index contributed by atoms with van der Waals surface area (Å²) in [5.74, 6) is 2.29. The van der Waals surface area contributed by atoms with E-state index in [0.717, 1.165) is 82.2 Å². The molecule has 0 radical (unpaired) electrons. The van der Waals surface area contributed by atoms with E-state index in [1.807, 2.05) is 127 Å². The van der Waals surface area contributed by atoms with E-state index >= 15 is 0 Å². The highest BCUT2D eigenvalue weighted by Crippen LogP contribution is 2.41. The number of furan rings is 1. The Labute approximate surface area is 336 Å². The zero-order valence-electron chi connectivity index (χ0n) is 30.7. The molecular formula is C50H28N6OS. The van der Waals surface area contributed by atoms with E-state index in [-0.39, 0.29) is 0 Å². The number of fused-ring (bicyclic) bond motifs is 6. The Balaban J connectivity index is 1.08. The van der Waals surface area contributed by atoms with Crippen LogP contribution in [0.2, 0.25) is 0 Å². The summed E-state index contributed by atoms with van der Waals surface area (Å²) in [4.78, 5) is 29.3. The average Bonchev–Trinajstić information content (AvgIpc) is 3.87. The molecule has 0 saturated carbocycles. The van der Waals surface area contributed by atoms with Crippen molar-refractivity contribution in [3.63, 3.8) is 0 Å². The highest BCUT2D eigenvalue weighted by atomic mass is 32.1. The second-order valence-corrected chi connectivity index (χ2v) is 15.0. The number of hydrogen-bond acceptors (Lipinski definition) is 7. The van der Waals surface area contributed by atoms with Gasteiger partial charge in [-0.1, -0.05) is 133 Å². The Kier molecular flexibility index (Phi) is 7.91. The molecule has 0 spiro atoms. The summed E-state index contributed by atoms with van der Waals surface area (Å²) >= 11 is 1.72. The van der Waals surface area contributed by atoms with Crippen molar-refractivity contribution in [2.24, 2.45) is 0 Å². The van der Waals surface area contributed by atoms with E-state index in [9.17, 15) is 0 Å². The van der Waals surface area contributed by atoms with Gasteiger partial charge < -0.3 is 4.42 Å². The maximum Gasteiger partial charge on any atom is 0.187 e. The number of thiophene rings is 1. The van der Waals surface area contributed by atoms with Crippen LogP contribution >= 0.6 is 11.3 Å². The zero-order chi connectivity index (χ0) is 38.6. The fraction of sp³-hybridized carbons (Fsp3) is 0. The van der Waals surface area contributed by atoms with Gasteiger partial charge in [0.2, 0.25) is 0 Å². The van der Waals surface area contributed by atoms with Gasteiger partial charge in [-0.05, 0) is 47.5 Å². The average molecular weight is 761 g/mol. The van der Waals surface area contributed by atoms with Gasteiger partial charge in [-0.15, -0.1) is 11.3 Å². The van der Waals surface area contributed by atoms with Crippen LogP contribution in [0.15, 0.2) is 174 Å². The normalized spacial score (nSPS) is 11.4. The number of aromatic nitrogens is 5. The number of nitrogens with zero attached hydrogens (tertiary/aromatic N) is 6. The minimum absolute atomic E-state index is 0.533. The predicted molar refractivity (Wildman–Crippen MR) is 234 cm³/mol. The third kappa shape index (κ3) is 5.77. The maximum absolute atomic E-state index is 7.44. The van der Waals surface area contributed by atoms with Crippen LogP contribution in [-0.4, -0.2) is 24.9 Å². The first kappa shape index (κ1) is 33.5. The largest absolute Gasteiger partial charge is 0.456 e. The molecule has 0 unspecified atom stereocenters. The van der Waals surface area contributed by atoms with E-state index in [2.05, 4.69) is 47.3 Å². The van der Waals surface area contributed by atoms with Crippen molar-refractivity contribution in [1.82, 2.24) is 24.9 Å². The maximum atomic E-state index is 7.44. The highest BCUT2D eigenvalue weighted by molar-refractivity contribution is 7.26. The Morgan fingerprint density at radius 1 is 0.448 bits per heavy atom.